The number of carbonyl (C=O) groups excluding carboxylic acids is 1. The fraction of sp³-hybridized carbons (Fsp3) is 0.444. The predicted octanol–water partition coefficient (Wildman–Crippen LogP) is 6.01. The Morgan fingerprint density at radius 2 is 1.79 bits per heavy atom. The molecule has 7 heteroatoms. The second kappa shape index (κ2) is 11.0. The third kappa shape index (κ3) is 7.66. The van der Waals surface area contributed by atoms with Gasteiger partial charge >= 0.3 is 0 Å². The Kier molecular flexibility index (Phi) is 8.56. The highest BCUT2D eigenvalue weighted by Crippen LogP contribution is 2.26. The van der Waals surface area contributed by atoms with Gasteiger partial charge in [-0.15, -0.1) is 0 Å². The number of halogens is 2. The number of nitrogens with two attached hydrogens (primary N) is 1. The number of hydrogen-bond donors (Lipinski definition) is 2. The maximum absolute atomic E-state index is 12.9. The number of nitrogens with zero attached hydrogens (tertiary/aromatic N) is 2. The molecule has 0 bridgehead atoms. The summed E-state index contributed by atoms with van der Waals surface area (Å²) < 4.78 is 0. The molecule has 1 aliphatic rings. The molecular weight excluding hydrogens is 467 g/mol. The summed E-state index contributed by atoms with van der Waals surface area (Å²) >= 11 is 12.2. The van der Waals surface area contributed by atoms with Crippen molar-refractivity contribution in [2.45, 2.75) is 71.4 Å². The molecule has 0 spiro atoms. The summed E-state index contributed by atoms with van der Waals surface area (Å²) in [5.41, 5.74) is 9.80. The molecule has 3 N–H and O–H groups in total. The van der Waals surface area contributed by atoms with Crippen LogP contribution < -0.4 is 11.1 Å². The van der Waals surface area contributed by atoms with Crippen molar-refractivity contribution >= 4 is 40.5 Å². The molecule has 0 saturated carbocycles. The highest BCUT2D eigenvalue weighted by atomic mass is 35.5. The summed E-state index contributed by atoms with van der Waals surface area (Å²) in [7, 11) is 0. The summed E-state index contributed by atoms with van der Waals surface area (Å²) in [6.07, 6.45) is 2.85. The Hall–Kier alpha value is -2.21. The van der Waals surface area contributed by atoms with Gasteiger partial charge in [-0.25, -0.2) is 0 Å². The van der Waals surface area contributed by atoms with Crippen LogP contribution in [0, 0.1) is 5.41 Å². The van der Waals surface area contributed by atoms with Gasteiger partial charge in [-0.2, -0.15) is 10.2 Å². The van der Waals surface area contributed by atoms with E-state index in [1.165, 1.54) is 0 Å². The maximum Gasteiger partial charge on any atom is 0.220 e. The number of benzene rings is 2. The lowest BCUT2D eigenvalue weighted by atomic mass is 9.82. The lowest BCUT2D eigenvalue weighted by molar-refractivity contribution is -0.121. The summed E-state index contributed by atoms with van der Waals surface area (Å²) in [6.45, 7) is 8.45. The van der Waals surface area contributed by atoms with Crippen LogP contribution in [0.3, 0.4) is 0 Å². The first-order chi connectivity index (χ1) is 15.9. The van der Waals surface area contributed by atoms with Gasteiger partial charge in [0.05, 0.1) is 23.0 Å². The average molecular weight is 502 g/mol. The first-order valence-electron chi connectivity index (χ1n) is 11.6. The van der Waals surface area contributed by atoms with Crippen LogP contribution in [0.5, 0.6) is 0 Å². The minimum absolute atomic E-state index is 0.00123. The Morgan fingerprint density at radius 3 is 2.44 bits per heavy atom. The Labute approximate surface area is 212 Å². The Balaban J connectivity index is 1.64. The molecule has 0 fully saturated rings. The highest BCUT2D eigenvalue weighted by molar-refractivity contribution is 6.35. The molecule has 5 nitrogen and oxygen atoms in total. The van der Waals surface area contributed by atoms with Gasteiger partial charge in [-0.05, 0) is 54.9 Å². The van der Waals surface area contributed by atoms with Gasteiger partial charge in [0.15, 0.2) is 0 Å². The fourth-order valence-corrected chi connectivity index (χ4v) is 4.60. The predicted molar refractivity (Wildman–Crippen MR) is 143 cm³/mol. The van der Waals surface area contributed by atoms with Crippen molar-refractivity contribution in [2.24, 2.45) is 21.4 Å². The zero-order chi connectivity index (χ0) is 24.9. The number of rotatable bonds is 9. The number of nitrogens with one attached hydrogen (secondary N) is 1. The molecule has 1 amide bonds. The second-order valence-corrected chi connectivity index (χ2v) is 11.4. The van der Waals surface area contributed by atoms with Crippen LogP contribution in [0.1, 0.15) is 58.1 Å². The monoisotopic (exact) mass is 500 g/mol. The SMILES string of the molecule is CC(C)(C)CC(NC(=O)CCc1ccc(Cl)cc1Cl)C1=NN=C([C@](C)(N)Cc2ccccc2)C1. The smallest absolute Gasteiger partial charge is 0.220 e. The van der Waals surface area contributed by atoms with E-state index < -0.39 is 5.54 Å². The van der Waals surface area contributed by atoms with Gasteiger partial charge in [-0.1, -0.05) is 80.4 Å². The average Bonchev–Trinajstić information content (AvgIpc) is 3.23. The minimum atomic E-state index is -0.617. The molecule has 2 atom stereocenters. The van der Waals surface area contributed by atoms with Gasteiger partial charge in [0.2, 0.25) is 5.91 Å². The third-order valence-electron chi connectivity index (χ3n) is 5.91. The third-order valence-corrected chi connectivity index (χ3v) is 6.50. The van der Waals surface area contributed by atoms with Gasteiger partial charge in [0.1, 0.15) is 0 Å². The van der Waals surface area contributed by atoms with Crippen molar-refractivity contribution in [3.05, 3.63) is 69.7 Å². The zero-order valence-electron chi connectivity index (χ0n) is 20.4. The molecule has 2 aromatic carbocycles. The molecule has 0 aliphatic carbocycles. The molecule has 34 heavy (non-hydrogen) atoms. The molecule has 182 valence electrons. The van der Waals surface area contributed by atoms with Crippen molar-refractivity contribution in [1.82, 2.24) is 5.32 Å². The normalized spacial score (nSPS) is 16.4. The molecular formula is C27H34Cl2N4O. The summed E-state index contributed by atoms with van der Waals surface area (Å²) in [6, 6.07) is 15.3. The summed E-state index contributed by atoms with van der Waals surface area (Å²) in [5, 5.41) is 13.3. The molecule has 1 heterocycles. The van der Waals surface area contributed by atoms with E-state index in [0.29, 0.717) is 35.7 Å². The molecule has 1 unspecified atom stereocenters. The van der Waals surface area contributed by atoms with E-state index in [0.717, 1.165) is 29.0 Å². The van der Waals surface area contributed by atoms with Crippen molar-refractivity contribution in [3.63, 3.8) is 0 Å². The molecule has 0 saturated heterocycles. The number of hydrogen-bond acceptors (Lipinski definition) is 4. The topological polar surface area (TPSA) is 79.8 Å². The van der Waals surface area contributed by atoms with Gasteiger partial charge < -0.3 is 11.1 Å². The lowest BCUT2D eigenvalue weighted by Crippen LogP contribution is -2.49. The summed E-state index contributed by atoms with van der Waals surface area (Å²) in [5.74, 6) is -0.0452. The van der Waals surface area contributed by atoms with Crippen LogP contribution in [0.2, 0.25) is 10.0 Å². The summed E-state index contributed by atoms with van der Waals surface area (Å²) in [4.78, 5) is 12.9. The standard InChI is InChI=1S/C27H34Cl2N4O/c1-26(2,3)17-23(31-25(34)13-11-19-10-12-20(28)14-21(19)29)22-15-24(33-32-22)27(4,30)16-18-8-6-5-7-9-18/h5-10,12,14,23H,11,13,15-17,30H2,1-4H3,(H,31,34)/t23?,27-/m1/s1. The van der Waals surface area contributed by atoms with Crippen molar-refractivity contribution in [1.29, 1.82) is 0 Å². The van der Waals surface area contributed by atoms with Crippen LogP contribution >= 0.6 is 23.2 Å². The van der Waals surface area contributed by atoms with Crippen LogP contribution in [-0.4, -0.2) is 28.9 Å². The zero-order valence-corrected chi connectivity index (χ0v) is 21.9. The van der Waals surface area contributed by atoms with Crippen LogP contribution in [0.4, 0.5) is 0 Å². The van der Waals surface area contributed by atoms with Gasteiger partial charge in [-0.3, -0.25) is 4.79 Å². The van der Waals surface area contributed by atoms with E-state index >= 15 is 0 Å². The highest BCUT2D eigenvalue weighted by Gasteiger charge is 2.34. The first kappa shape index (κ1) is 26.4. The molecule has 1 aliphatic heterocycles. The minimum Gasteiger partial charge on any atom is -0.348 e. The van der Waals surface area contributed by atoms with Crippen LogP contribution in [0.15, 0.2) is 58.7 Å². The number of amides is 1. The van der Waals surface area contributed by atoms with E-state index in [1.54, 1.807) is 12.1 Å². The maximum atomic E-state index is 12.9. The molecule has 0 aromatic heterocycles. The van der Waals surface area contributed by atoms with E-state index in [9.17, 15) is 4.79 Å². The lowest BCUT2D eigenvalue weighted by Gasteiger charge is -2.28. The van der Waals surface area contributed by atoms with E-state index in [-0.39, 0.29) is 17.4 Å². The van der Waals surface area contributed by atoms with Crippen molar-refractivity contribution in [3.8, 4) is 0 Å². The second-order valence-electron chi connectivity index (χ2n) is 10.5. The van der Waals surface area contributed by atoms with Gasteiger partial charge in [0, 0.05) is 22.9 Å². The fourth-order valence-electron chi connectivity index (χ4n) is 4.10. The molecule has 2 aromatic rings. The van der Waals surface area contributed by atoms with Crippen LogP contribution in [-0.2, 0) is 17.6 Å². The Morgan fingerprint density at radius 1 is 1.09 bits per heavy atom. The Bertz CT molecular complexity index is 1070. The molecule has 3 rings (SSSR count). The number of aryl methyl sites for hydroxylation is 1. The quantitative estimate of drug-likeness (QED) is 0.442. The van der Waals surface area contributed by atoms with E-state index in [1.807, 2.05) is 31.2 Å². The van der Waals surface area contributed by atoms with Crippen molar-refractivity contribution in [2.75, 3.05) is 0 Å². The molecule has 0 radical (unpaired) electrons. The number of carbonyl (C=O) groups is 1. The first-order valence-corrected chi connectivity index (χ1v) is 12.4. The van der Waals surface area contributed by atoms with Gasteiger partial charge in [0.25, 0.3) is 0 Å². The van der Waals surface area contributed by atoms with Crippen LogP contribution in [0.25, 0.3) is 0 Å². The van der Waals surface area contributed by atoms with E-state index in [2.05, 4.69) is 48.4 Å². The largest absolute Gasteiger partial charge is 0.348 e. The van der Waals surface area contributed by atoms with E-state index in [4.69, 9.17) is 28.9 Å². The van der Waals surface area contributed by atoms with Crippen molar-refractivity contribution < 1.29 is 4.79 Å².